The lowest BCUT2D eigenvalue weighted by atomic mass is 10.0. The summed E-state index contributed by atoms with van der Waals surface area (Å²) in [4.78, 5) is 4.17. The van der Waals surface area contributed by atoms with Gasteiger partial charge in [-0.2, -0.15) is 0 Å². The van der Waals surface area contributed by atoms with E-state index in [2.05, 4.69) is 10.3 Å². The van der Waals surface area contributed by atoms with Gasteiger partial charge in [-0.1, -0.05) is 6.42 Å². The fourth-order valence-corrected chi connectivity index (χ4v) is 2.29. The minimum absolute atomic E-state index is 0.544. The summed E-state index contributed by atoms with van der Waals surface area (Å²) in [6.45, 7) is 3.41. The van der Waals surface area contributed by atoms with Crippen LogP contribution in [0.4, 0.5) is 0 Å². The molecule has 1 aliphatic rings. The summed E-state index contributed by atoms with van der Waals surface area (Å²) in [5, 5.41) is 3.48. The van der Waals surface area contributed by atoms with Crippen LogP contribution in [0.15, 0.2) is 10.6 Å². The maximum atomic E-state index is 5.72. The van der Waals surface area contributed by atoms with Crippen molar-refractivity contribution in [1.29, 1.82) is 0 Å². The van der Waals surface area contributed by atoms with E-state index in [0.29, 0.717) is 12.0 Å². The Kier molecular flexibility index (Phi) is 3.38. The Morgan fingerprint density at radius 3 is 3.13 bits per heavy atom. The number of nitrogens with one attached hydrogen (secondary N) is 1. The van der Waals surface area contributed by atoms with Gasteiger partial charge in [0.15, 0.2) is 0 Å². The highest BCUT2D eigenvalue weighted by Gasteiger charge is 2.25. The monoisotopic (exact) mass is 209 g/mol. The molecule has 15 heavy (non-hydrogen) atoms. The van der Waals surface area contributed by atoms with Crippen LogP contribution in [-0.4, -0.2) is 17.6 Å². The van der Waals surface area contributed by atoms with E-state index < -0.39 is 0 Å². The molecule has 2 atom stereocenters. The first-order valence-electron chi connectivity index (χ1n) is 5.64. The SMILES string of the molecule is Cc1cnc(CNC2CCCC2CN)o1. The van der Waals surface area contributed by atoms with Gasteiger partial charge in [-0.3, -0.25) is 0 Å². The van der Waals surface area contributed by atoms with Crippen molar-refractivity contribution in [2.75, 3.05) is 6.54 Å². The number of rotatable bonds is 4. The summed E-state index contributed by atoms with van der Waals surface area (Å²) in [6, 6.07) is 0.544. The van der Waals surface area contributed by atoms with E-state index in [1.807, 2.05) is 6.92 Å². The zero-order valence-electron chi connectivity index (χ0n) is 9.20. The molecule has 0 spiro atoms. The normalized spacial score (nSPS) is 26.0. The van der Waals surface area contributed by atoms with Crippen molar-refractivity contribution in [3.8, 4) is 0 Å². The molecule has 1 heterocycles. The second-order valence-electron chi connectivity index (χ2n) is 4.28. The molecular formula is C11H19N3O. The molecular weight excluding hydrogens is 190 g/mol. The Hall–Kier alpha value is -0.870. The van der Waals surface area contributed by atoms with Crippen LogP contribution in [0.1, 0.15) is 30.9 Å². The van der Waals surface area contributed by atoms with Crippen molar-refractivity contribution in [2.24, 2.45) is 11.7 Å². The first-order valence-corrected chi connectivity index (χ1v) is 5.64. The lowest BCUT2D eigenvalue weighted by Gasteiger charge is -2.18. The molecule has 2 rings (SSSR count). The number of aryl methyl sites for hydroxylation is 1. The third-order valence-corrected chi connectivity index (χ3v) is 3.15. The number of aromatic nitrogens is 1. The molecule has 4 nitrogen and oxygen atoms in total. The predicted octanol–water partition coefficient (Wildman–Crippen LogP) is 1.20. The van der Waals surface area contributed by atoms with E-state index in [1.165, 1.54) is 19.3 Å². The van der Waals surface area contributed by atoms with Crippen molar-refractivity contribution in [3.63, 3.8) is 0 Å². The Labute approximate surface area is 90.2 Å². The zero-order chi connectivity index (χ0) is 10.7. The van der Waals surface area contributed by atoms with Crippen LogP contribution in [0.25, 0.3) is 0 Å². The lowest BCUT2D eigenvalue weighted by molar-refractivity contribution is 0.372. The van der Waals surface area contributed by atoms with Crippen molar-refractivity contribution in [3.05, 3.63) is 17.8 Å². The number of oxazole rings is 1. The summed E-state index contributed by atoms with van der Waals surface area (Å²) in [7, 11) is 0. The van der Waals surface area contributed by atoms with Crippen LogP contribution in [0.2, 0.25) is 0 Å². The highest BCUT2D eigenvalue weighted by molar-refractivity contribution is 4.92. The second-order valence-corrected chi connectivity index (χ2v) is 4.28. The standard InChI is InChI=1S/C11H19N3O/c1-8-6-14-11(15-8)7-13-10-4-2-3-9(10)5-12/h6,9-10,13H,2-5,7,12H2,1H3. The van der Waals surface area contributed by atoms with E-state index in [0.717, 1.165) is 24.7 Å². The first kappa shape index (κ1) is 10.6. The molecule has 4 heteroatoms. The Bertz CT molecular complexity index is 311. The molecule has 2 unspecified atom stereocenters. The molecule has 1 fully saturated rings. The highest BCUT2D eigenvalue weighted by Crippen LogP contribution is 2.24. The third kappa shape index (κ3) is 2.58. The van der Waals surface area contributed by atoms with Gasteiger partial charge >= 0.3 is 0 Å². The quantitative estimate of drug-likeness (QED) is 0.782. The van der Waals surface area contributed by atoms with Gasteiger partial charge in [-0.05, 0) is 32.2 Å². The number of nitrogens with zero attached hydrogens (tertiary/aromatic N) is 1. The van der Waals surface area contributed by atoms with Crippen molar-refractivity contribution in [2.45, 2.75) is 38.8 Å². The maximum absolute atomic E-state index is 5.72. The molecule has 1 aliphatic carbocycles. The van der Waals surface area contributed by atoms with E-state index in [9.17, 15) is 0 Å². The van der Waals surface area contributed by atoms with E-state index in [1.54, 1.807) is 6.20 Å². The van der Waals surface area contributed by atoms with Crippen LogP contribution < -0.4 is 11.1 Å². The average molecular weight is 209 g/mol. The molecule has 0 saturated heterocycles. The molecule has 0 aromatic carbocycles. The second kappa shape index (κ2) is 4.77. The minimum atomic E-state index is 0.544. The summed E-state index contributed by atoms with van der Waals surface area (Å²) in [6.07, 6.45) is 5.51. The van der Waals surface area contributed by atoms with Gasteiger partial charge in [0, 0.05) is 6.04 Å². The van der Waals surface area contributed by atoms with E-state index in [-0.39, 0.29) is 0 Å². The van der Waals surface area contributed by atoms with Crippen molar-refractivity contribution < 1.29 is 4.42 Å². The highest BCUT2D eigenvalue weighted by atomic mass is 16.4. The van der Waals surface area contributed by atoms with Crippen LogP contribution in [-0.2, 0) is 6.54 Å². The molecule has 0 radical (unpaired) electrons. The number of hydrogen-bond acceptors (Lipinski definition) is 4. The van der Waals surface area contributed by atoms with Gasteiger partial charge in [-0.25, -0.2) is 4.98 Å². The van der Waals surface area contributed by atoms with Crippen molar-refractivity contribution >= 4 is 0 Å². The third-order valence-electron chi connectivity index (χ3n) is 3.15. The Balaban J connectivity index is 1.82. The smallest absolute Gasteiger partial charge is 0.208 e. The van der Waals surface area contributed by atoms with Gasteiger partial charge in [0.1, 0.15) is 5.76 Å². The van der Waals surface area contributed by atoms with Crippen LogP contribution in [0, 0.1) is 12.8 Å². The van der Waals surface area contributed by atoms with Gasteiger partial charge in [0.2, 0.25) is 5.89 Å². The van der Waals surface area contributed by atoms with Crippen molar-refractivity contribution in [1.82, 2.24) is 10.3 Å². The van der Waals surface area contributed by atoms with Gasteiger partial charge in [0.25, 0.3) is 0 Å². The predicted molar refractivity (Wildman–Crippen MR) is 58.3 cm³/mol. The maximum Gasteiger partial charge on any atom is 0.208 e. The Morgan fingerprint density at radius 2 is 2.47 bits per heavy atom. The molecule has 0 amide bonds. The summed E-state index contributed by atoms with van der Waals surface area (Å²) in [5.41, 5.74) is 5.72. The number of hydrogen-bond donors (Lipinski definition) is 2. The molecule has 1 aromatic heterocycles. The molecule has 84 valence electrons. The van der Waals surface area contributed by atoms with Crippen LogP contribution in [0.3, 0.4) is 0 Å². The topological polar surface area (TPSA) is 64.1 Å². The molecule has 0 aliphatic heterocycles. The fourth-order valence-electron chi connectivity index (χ4n) is 2.29. The molecule has 1 aromatic rings. The Morgan fingerprint density at radius 1 is 1.60 bits per heavy atom. The minimum Gasteiger partial charge on any atom is -0.445 e. The van der Waals surface area contributed by atoms with E-state index >= 15 is 0 Å². The van der Waals surface area contributed by atoms with Gasteiger partial charge in [-0.15, -0.1) is 0 Å². The number of nitrogens with two attached hydrogens (primary N) is 1. The lowest BCUT2D eigenvalue weighted by Crippen LogP contribution is -2.35. The first-order chi connectivity index (χ1) is 7.29. The summed E-state index contributed by atoms with van der Waals surface area (Å²) < 4.78 is 5.41. The van der Waals surface area contributed by atoms with Gasteiger partial charge in [0.05, 0.1) is 12.7 Å². The van der Waals surface area contributed by atoms with Crippen LogP contribution >= 0.6 is 0 Å². The van der Waals surface area contributed by atoms with Gasteiger partial charge < -0.3 is 15.5 Å². The summed E-state index contributed by atoms with van der Waals surface area (Å²) in [5.74, 6) is 2.27. The summed E-state index contributed by atoms with van der Waals surface area (Å²) >= 11 is 0. The zero-order valence-corrected chi connectivity index (χ0v) is 9.20. The fraction of sp³-hybridized carbons (Fsp3) is 0.727. The van der Waals surface area contributed by atoms with E-state index in [4.69, 9.17) is 10.2 Å². The molecule has 1 saturated carbocycles. The average Bonchev–Trinajstić information content (AvgIpc) is 2.83. The largest absolute Gasteiger partial charge is 0.445 e. The molecule has 3 N–H and O–H groups in total. The molecule has 0 bridgehead atoms. The van der Waals surface area contributed by atoms with Crippen LogP contribution in [0.5, 0.6) is 0 Å².